The summed E-state index contributed by atoms with van der Waals surface area (Å²) in [5.41, 5.74) is 7.61. The average molecular weight is 269 g/mol. The standard InChI is InChI=1S/C12H17BrN2/c1-15(2)11(12(14)6-7-12)9-4-3-5-10(13)8-9/h3-5,8,11H,6-7,14H2,1-2H3. The number of nitrogens with zero attached hydrogens (tertiary/aromatic N) is 1. The fourth-order valence-electron chi connectivity index (χ4n) is 2.24. The van der Waals surface area contributed by atoms with E-state index in [0.29, 0.717) is 6.04 Å². The molecule has 2 N–H and O–H groups in total. The lowest BCUT2D eigenvalue weighted by molar-refractivity contribution is 0.246. The third kappa shape index (κ3) is 2.25. The summed E-state index contributed by atoms with van der Waals surface area (Å²) in [5, 5.41) is 0. The lowest BCUT2D eigenvalue weighted by Crippen LogP contribution is -2.39. The van der Waals surface area contributed by atoms with Gasteiger partial charge in [0.2, 0.25) is 0 Å². The molecule has 1 fully saturated rings. The SMILES string of the molecule is CN(C)C(c1cccc(Br)c1)C1(N)CC1. The maximum atomic E-state index is 6.32. The summed E-state index contributed by atoms with van der Waals surface area (Å²) < 4.78 is 1.12. The Balaban J connectivity index is 2.33. The molecule has 2 rings (SSSR count). The Morgan fingerprint density at radius 2 is 2.07 bits per heavy atom. The molecule has 1 aliphatic rings. The van der Waals surface area contributed by atoms with Crippen molar-refractivity contribution >= 4 is 15.9 Å². The number of likely N-dealkylation sites (N-methyl/N-ethyl adjacent to an activating group) is 1. The molecular formula is C12H17BrN2. The van der Waals surface area contributed by atoms with Crippen LogP contribution in [0.5, 0.6) is 0 Å². The molecule has 3 heteroatoms. The molecule has 82 valence electrons. The lowest BCUT2D eigenvalue weighted by atomic mass is 9.97. The molecule has 1 atom stereocenters. The minimum atomic E-state index is -0.00963. The van der Waals surface area contributed by atoms with Crippen molar-refractivity contribution in [2.45, 2.75) is 24.4 Å². The van der Waals surface area contributed by atoms with Crippen LogP contribution in [-0.2, 0) is 0 Å². The summed E-state index contributed by atoms with van der Waals surface area (Å²) in [4.78, 5) is 2.22. The van der Waals surface area contributed by atoms with E-state index in [4.69, 9.17) is 5.73 Å². The van der Waals surface area contributed by atoms with E-state index in [9.17, 15) is 0 Å². The van der Waals surface area contributed by atoms with Crippen LogP contribution in [0.3, 0.4) is 0 Å². The first-order valence-corrected chi connectivity index (χ1v) is 6.03. The Kier molecular flexibility index (Phi) is 2.88. The molecule has 1 unspecified atom stereocenters. The van der Waals surface area contributed by atoms with Gasteiger partial charge < -0.3 is 10.6 Å². The van der Waals surface area contributed by atoms with Crippen molar-refractivity contribution in [2.75, 3.05) is 14.1 Å². The van der Waals surface area contributed by atoms with E-state index in [1.54, 1.807) is 0 Å². The molecule has 0 amide bonds. The molecule has 1 aromatic rings. The molecule has 0 bridgehead atoms. The molecule has 1 saturated carbocycles. The summed E-state index contributed by atoms with van der Waals surface area (Å²) in [6, 6.07) is 8.77. The van der Waals surface area contributed by atoms with Crippen LogP contribution in [0.1, 0.15) is 24.4 Å². The maximum Gasteiger partial charge on any atom is 0.0523 e. The Labute approximate surface area is 99.6 Å². The highest BCUT2D eigenvalue weighted by Gasteiger charge is 2.47. The first-order valence-electron chi connectivity index (χ1n) is 5.24. The molecule has 0 heterocycles. The van der Waals surface area contributed by atoms with E-state index in [1.807, 2.05) is 6.07 Å². The number of benzene rings is 1. The van der Waals surface area contributed by atoms with E-state index in [2.05, 4.69) is 53.1 Å². The molecule has 0 saturated heterocycles. The van der Waals surface area contributed by atoms with Gasteiger partial charge in [-0.15, -0.1) is 0 Å². The van der Waals surface area contributed by atoms with Crippen LogP contribution in [0.25, 0.3) is 0 Å². The molecule has 0 radical (unpaired) electrons. The Morgan fingerprint density at radius 1 is 1.40 bits per heavy atom. The highest BCUT2D eigenvalue weighted by atomic mass is 79.9. The van der Waals surface area contributed by atoms with Crippen LogP contribution in [0, 0.1) is 0 Å². The smallest absolute Gasteiger partial charge is 0.0523 e. The second kappa shape index (κ2) is 3.89. The third-order valence-corrected chi connectivity index (χ3v) is 3.55. The molecule has 2 nitrogen and oxygen atoms in total. The third-order valence-electron chi connectivity index (χ3n) is 3.05. The predicted octanol–water partition coefficient (Wildman–Crippen LogP) is 2.54. The minimum absolute atomic E-state index is 0.00963. The van der Waals surface area contributed by atoms with Gasteiger partial charge in [-0.1, -0.05) is 28.1 Å². The summed E-state index contributed by atoms with van der Waals surface area (Å²) >= 11 is 3.51. The number of hydrogen-bond donors (Lipinski definition) is 1. The zero-order valence-corrected chi connectivity index (χ0v) is 10.8. The van der Waals surface area contributed by atoms with Gasteiger partial charge in [0.1, 0.15) is 0 Å². The minimum Gasteiger partial charge on any atom is -0.323 e. The van der Waals surface area contributed by atoms with Gasteiger partial charge in [-0.25, -0.2) is 0 Å². The van der Waals surface area contributed by atoms with Crippen molar-refractivity contribution in [3.05, 3.63) is 34.3 Å². The molecule has 1 aromatic carbocycles. The normalized spacial score (nSPS) is 20.3. The number of hydrogen-bond acceptors (Lipinski definition) is 2. The molecule has 15 heavy (non-hydrogen) atoms. The van der Waals surface area contributed by atoms with E-state index in [1.165, 1.54) is 5.56 Å². The van der Waals surface area contributed by atoms with Crippen LogP contribution in [-0.4, -0.2) is 24.5 Å². The first kappa shape index (κ1) is 11.1. The van der Waals surface area contributed by atoms with Gasteiger partial charge in [0.05, 0.1) is 6.04 Å². The van der Waals surface area contributed by atoms with Gasteiger partial charge in [0, 0.05) is 10.0 Å². The Bertz CT molecular complexity index is 358. The van der Waals surface area contributed by atoms with Crippen LogP contribution in [0.15, 0.2) is 28.7 Å². The van der Waals surface area contributed by atoms with Crippen LogP contribution >= 0.6 is 15.9 Å². The van der Waals surface area contributed by atoms with Crippen molar-refractivity contribution in [1.82, 2.24) is 4.90 Å². The predicted molar refractivity (Wildman–Crippen MR) is 66.7 cm³/mol. The second-order valence-corrected chi connectivity index (χ2v) is 5.57. The van der Waals surface area contributed by atoms with E-state index in [0.717, 1.165) is 17.3 Å². The monoisotopic (exact) mass is 268 g/mol. The highest BCUT2D eigenvalue weighted by molar-refractivity contribution is 9.10. The van der Waals surface area contributed by atoms with E-state index < -0.39 is 0 Å². The molecule has 1 aliphatic carbocycles. The molecule has 0 aromatic heterocycles. The van der Waals surface area contributed by atoms with Crippen molar-refractivity contribution < 1.29 is 0 Å². The number of nitrogens with two attached hydrogens (primary N) is 1. The Hall–Kier alpha value is -0.380. The quantitative estimate of drug-likeness (QED) is 0.913. The summed E-state index contributed by atoms with van der Waals surface area (Å²) in [6.45, 7) is 0. The summed E-state index contributed by atoms with van der Waals surface area (Å²) in [5.74, 6) is 0. The number of halogens is 1. The van der Waals surface area contributed by atoms with Crippen molar-refractivity contribution in [3.63, 3.8) is 0 Å². The van der Waals surface area contributed by atoms with Gasteiger partial charge in [-0.2, -0.15) is 0 Å². The maximum absolute atomic E-state index is 6.32. The van der Waals surface area contributed by atoms with E-state index in [-0.39, 0.29) is 5.54 Å². The first-order chi connectivity index (χ1) is 7.03. The summed E-state index contributed by atoms with van der Waals surface area (Å²) in [6.07, 6.45) is 2.25. The summed E-state index contributed by atoms with van der Waals surface area (Å²) in [7, 11) is 4.19. The van der Waals surface area contributed by atoms with Gasteiger partial charge in [-0.3, -0.25) is 0 Å². The largest absolute Gasteiger partial charge is 0.323 e. The zero-order valence-electron chi connectivity index (χ0n) is 9.20. The fraction of sp³-hybridized carbons (Fsp3) is 0.500. The van der Waals surface area contributed by atoms with Gasteiger partial charge in [0.25, 0.3) is 0 Å². The zero-order chi connectivity index (χ0) is 11.1. The van der Waals surface area contributed by atoms with Crippen molar-refractivity contribution in [1.29, 1.82) is 0 Å². The fourth-order valence-corrected chi connectivity index (χ4v) is 2.66. The van der Waals surface area contributed by atoms with Crippen LogP contribution in [0.4, 0.5) is 0 Å². The van der Waals surface area contributed by atoms with Gasteiger partial charge in [-0.05, 0) is 44.6 Å². The second-order valence-electron chi connectivity index (χ2n) is 4.65. The molecule has 0 aliphatic heterocycles. The van der Waals surface area contributed by atoms with Crippen LogP contribution < -0.4 is 5.73 Å². The Morgan fingerprint density at radius 3 is 2.53 bits per heavy atom. The average Bonchev–Trinajstić information content (AvgIpc) is 2.83. The topological polar surface area (TPSA) is 29.3 Å². The molecular weight excluding hydrogens is 252 g/mol. The molecule has 0 spiro atoms. The van der Waals surface area contributed by atoms with Crippen molar-refractivity contribution in [3.8, 4) is 0 Å². The van der Waals surface area contributed by atoms with Gasteiger partial charge >= 0.3 is 0 Å². The number of rotatable bonds is 3. The van der Waals surface area contributed by atoms with Gasteiger partial charge in [0.15, 0.2) is 0 Å². The van der Waals surface area contributed by atoms with Crippen LogP contribution in [0.2, 0.25) is 0 Å². The lowest BCUT2D eigenvalue weighted by Gasteiger charge is -2.30. The van der Waals surface area contributed by atoms with E-state index >= 15 is 0 Å². The highest BCUT2D eigenvalue weighted by Crippen LogP contribution is 2.46. The van der Waals surface area contributed by atoms with Crippen molar-refractivity contribution in [2.24, 2.45) is 5.73 Å².